The van der Waals surface area contributed by atoms with E-state index in [9.17, 15) is 14.4 Å². The molecule has 1 amide bonds. The topological polar surface area (TPSA) is 92.7 Å². The molecule has 174 valence electrons. The van der Waals surface area contributed by atoms with Crippen molar-refractivity contribution in [1.82, 2.24) is 5.32 Å². The number of aliphatic carboxylic acids is 1. The normalized spacial score (nSPS) is 24.0. The van der Waals surface area contributed by atoms with Gasteiger partial charge in [0.1, 0.15) is 5.75 Å². The molecule has 0 radical (unpaired) electrons. The van der Waals surface area contributed by atoms with Crippen LogP contribution in [0.4, 0.5) is 0 Å². The zero-order valence-corrected chi connectivity index (χ0v) is 18.7. The second-order valence-electron chi connectivity index (χ2n) is 9.13. The molecule has 6 heteroatoms. The predicted octanol–water partition coefficient (Wildman–Crippen LogP) is 4.59. The maximum Gasteiger partial charge on any atom is 0.306 e. The van der Waals surface area contributed by atoms with Crippen molar-refractivity contribution in [1.29, 1.82) is 0 Å². The number of ether oxygens (including phenoxy) is 1. The Bertz CT molecular complexity index is 964. The van der Waals surface area contributed by atoms with Crippen molar-refractivity contribution in [2.75, 3.05) is 6.54 Å². The summed E-state index contributed by atoms with van der Waals surface area (Å²) in [5, 5.41) is 12.1. The van der Waals surface area contributed by atoms with Crippen molar-refractivity contribution in [2.24, 2.45) is 11.8 Å². The fourth-order valence-corrected chi connectivity index (χ4v) is 4.63. The number of Topliss-reactive ketones (excluding diaryl/α,β-unsaturated/α-hetero) is 1. The van der Waals surface area contributed by atoms with E-state index in [0.717, 1.165) is 19.3 Å². The molecule has 2 aliphatic rings. The zero-order valence-electron chi connectivity index (χ0n) is 18.7. The number of amides is 1. The molecule has 0 aromatic heterocycles. The van der Waals surface area contributed by atoms with E-state index in [1.165, 1.54) is 5.56 Å². The average Bonchev–Trinajstić information content (AvgIpc) is 3.64. The highest BCUT2D eigenvalue weighted by molar-refractivity contribution is 5.96. The van der Waals surface area contributed by atoms with E-state index < -0.39 is 5.97 Å². The fraction of sp³-hybridized carbons (Fsp3) is 0.444. The van der Waals surface area contributed by atoms with Gasteiger partial charge in [-0.25, -0.2) is 0 Å². The van der Waals surface area contributed by atoms with E-state index in [1.54, 1.807) is 24.3 Å². The largest absolute Gasteiger partial charge is 0.490 e. The van der Waals surface area contributed by atoms with Gasteiger partial charge in [0.2, 0.25) is 5.91 Å². The van der Waals surface area contributed by atoms with Gasteiger partial charge in [-0.2, -0.15) is 0 Å². The molecule has 2 N–H and O–H groups in total. The van der Waals surface area contributed by atoms with E-state index in [-0.39, 0.29) is 29.6 Å². The summed E-state index contributed by atoms with van der Waals surface area (Å²) in [6, 6.07) is 17.3. The first-order chi connectivity index (χ1) is 16.0. The standard InChI is InChI=1S/C27H31NO5/c29-25(7-4-16-28-26(30)24-17-23(24)18-5-2-1-3-6-18)19-8-12-21(13-9-19)33-22-14-10-20(11-15-22)27(31)32/h1-3,5-6,8-9,12-13,20,22-24H,4,7,10-11,14-17H2,(H,28,30)(H,31,32). The number of nitrogens with one attached hydrogen (secondary N) is 1. The molecule has 2 unspecified atom stereocenters. The second-order valence-corrected chi connectivity index (χ2v) is 9.13. The van der Waals surface area contributed by atoms with Gasteiger partial charge in [0.25, 0.3) is 0 Å². The number of carbonyl (C=O) groups excluding carboxylic acids is 2. The number of carboxylic acid groups (broad SMARTS) is 1. The van der Waals surface area contributed by atoms with Crippen molar-refractivity contribution in [3.63, 3.8) is 0 Å². The Morgan fingerprint density at radius 2 is 1.64 bits per heavy atom. The number of benzene rings is 2. The molecule has 33 heavy (non-hydrogen) atoms. The minimum absolute atomic E-state index is 0.0266. The number of carbonyl (C=O) groups is 3. The summed E-state index contributed by atoms with van der Waals surface area (Å²) < 4.78 is 5.96. The molecule has 0 spiro atoms. The summed E-state index contributed by atoms with van der Waals surface area (Å²) in [7, 11) is 0. The van der Waals surface area contributed by atoms with Crippen molar-refractivity contribution < 1.29 is 24.2 Å². The van der Waals surface area contributed by atoms with Crippen molar-refractivity contribution in [2.45, 2.75) is 57.0 Å². The summed E-state index contributed by atoms with van der Waals surface area (Å²) in [5.74, 6) is 0.219. The van der Waals surface area contributed by atoms with Crippen LogP contribution in [0, 0.1) is 11.8 Å². The smallest absolute Gasteiger partial charge is 0.306 e. The van der Waals surface area contributed by atoms with Gasteiger partial charge in [-0.3, -0.25) is 14.4 Å². The minimum atomic E-state index is -0.722. The van der Waals surface area contributed by atoms with Crippen molar-refractivity contribution in [3.05, 3.63) is 65.7 Å². The summed E-state index contributed by atoms with van der Waals surface area (Å²) >= 11 is 0. The maximum atomic E-state index is 12.5. The highest BCUT2D eigenvalue weighted by Crippen LogP contribution is 2.47. The average molecular weight is 450 g/mol. The number of ketones is 1. The molecular weight excluding hydrogens is 418 g/mol. The van der Waals surface area contributed by atoms with Crippen molar-refractivity contribution >= 4 is 17.7 Å². The molecule has 6 nitrogen and oxygen atoms in total. The quantitative estimate of drug-likeness (QED) is 0.409. The third-order valence-corrected chi connectivity index (χ3v) is 6.74. The van der Waals surface area contributed by atoms with Crippen LogP contribution in [0.5, 0.6) is 5.75 Å². The van der Waals surface area contributed by atoms with E-state index in [2.05, 4.69) is 17.4 Å². The lowest BCUT2D eigenvalue weighted by molar-refractivity contribution is -0.143. The third-order valence-electron chi connectivity index (χ3n) is 6.74. The van der Waals surface area contributed by atoms with Crippen LogP contribution in [0.25, 0.3) is 0 Å². The first kappa shape index (κ1) is 23.0. The molecule has 0 aliphatic heterocycles. The highest BCUT2D eigenvalue weighted by atomic mass is 16.5. The Morgan fingerprint density at radius 1 is 0.939 bits per heavy atom. The molecule has 4 rings (SSSR count). The lowest BCUT2D eigenvalue weighted by Gasteiger charge is -2.26. The third kappa shape index (κ3) is 6.21. The summed E-state index contributed by atoms with van der Waals surface area (Å²) in [4.78, 5) is 35.8. The van der Waals surface area contributed by atoms with Crippen LogP contribution in [0.3, 0.4) is 0 Å². The number of hydrogen-bond acceptors (Lipinski definition) is 4. The molecule has 2 aliphatic carbocycles. The molecule has 0 saturated heterocycles. The molecule has 0 bridgehead atoms. The van der Waals surface area contributed by atoms with Crippen LogP contribution in [-0.2, 0) is 9.59 Å². The lowest BCUT2D eigenvalue weighted by atomic mass is 9.87. The summed E-state index contributed by atoms with van der Waals surface area (Å²) in [6.07, 6.45) is 4.65. The van der Waals surface area contributed by atoms with Gasteiger partial charge in [-0.15, -0.1) is 0 Å². The predicted molar refractivity (Wildman–Crippen MR) is 124 cm³/mol. The number of rotatable bonds is 10. The van der Waals surface area contributed by atoms with Gasteiger partial charge in [-0.05, 0) is 74.3 Å². The number of carboxylic acids is 1. The molecule has 0 heterocycles. The first-order valence-corrected chi connectivity index (χ1v) is 11.9. The summed E-state index contributed by atoms with van der Waals surface area (Å²) in [5.41, 5.74) is 1.85. The molecule has 2 fully saturated rings. The van der Waals surface area contributed by atoms with E-state index in [1.807, 2.05) is 18.2 Å². The van der Waals surface area contributed by atoms with Gasteiger partial charge >= 0.3 is 5.97 Å². The molecular formula is C27H31NO5. The van der Waals surface area contributed by atoms with Crippen LogP contribution in [0.15, 0.2) is 54.6 Å². The Labute approximate surface area is 194 Å². The number of hydrogen-bond donors (Lipinski definition) is 2. The van der Waals surface area contributed by atoms with Crippen LogP contribution in [-0.4, -0.2) is 35.4 Å². The SMILES string of the molecule is O=C(CCCNC(=O)C1CC1c1ccccc1)c1ccc(OC2CCC(C(=O)O)CC2)cc1. The Kier molecular flexibility index (Phi) is 7.43. The second kappa shape index (κ2) is 10.6. The van der Waals surface area contributed by atoms with Crippen LogP contribution >= 0.6 is 0 Å². The van der Waals surface area contributed by atoms with Gasteiger partial charge in [0.15, 0.2) is 5.78 Å². The van der Waals surface area contributed by atoms with Gasteiger partial charge in [0.05, 0.1) is 12.0 Å². The molecule has 2 aromatic carbocycles. The van der Waals surface area contributed by atoms with Crippen LogP contribution in [0.2, 0.25) is 0 Å². The molecule has 2 atom stereocenters. The van der Waals surface area contributed by atoms with Crippen LogP contribution in [0.1, 0.15) is 66.8 Å². The van der Waals surface area contributed by atoms with E-state index in [4.69, 9.17) is 9.84 Å². The van der Waals surface area contributed by atoms with Gasteiger partial charge in [0, 0.05) is 24.4 Å². The fourth-order valence-electron chi connectivity index (χ4n) is 4.63. The molecule has 2 saturated carbocycles. The van der Waals surface area contributed by atoms with E-state index in [0.29, 0.717) is 49.5 Å². The highest BCUT2D eigenvalue weighted by Gasteiger charge is 2.43. The first-order valence-electron chi connectivity index (χ1n) is 11.9. The van der Waals surface area contributed by atoms with Crippen LogP contribution < -0.4 is 10.1 Å². The van der Waals surface area contributed by atoms with E-state index >= 15 is 0 Å². The lowest BCUT2D eigenvalue weighted by Crippen LogP contribution is -2.27. The van der Waals surface area contributed by atoms with Gasteiger partial charge < -0.3 is 15.2 Å². The zero-order chi connectivity index (χ0) is 23.2. The molecule has 2 aromatic rings. The Morgan fingerprint density at radius 3 is 2.30 bits per heavy atom. The summed E-state index contributed by atoms with van der Waals surface area (Å²) in [6.45, 7) is 0.503. The maximum absolute atomic E-state index is 12.5. The monoisotopic (exact) mass is 449 g/mol. The Balaban J connectivity index is 1.14. The van der Waals surface area contributed by atoms with Crippen molar-refractivity contribution in [3.8, 4) is 5.75 Å². The Hall–Kier alpha value is -3.15. The van der Waals surface area contributed by atoms with Gasteiger partial charge in [-0.1, -0.05) is 30.3 Å². The minimum Gasteiger partial charge on any atom is -0.490 e.